The standard InChI is InChI=1S/C36H43ClN2O7/c1-24-31(22-39-19-17-36(44,18-20-39)29-13-15-30(37)16-14-29)45-35(46-34(24)27-9-7-26(23-40)8-10-27)28-11-5-25(6-12-28)21-38-32(41)3-2-4-33(42)43/h5-16,24,31,34-35,40,44H,2-4,17-23H2,1H3,(H,38,41)(H,42,43)/t24-,31+,34+,35+/m0/s1. The van der Waals surface area contributed by atoms with E-state index < -0.39 is 17.9 Å². The summed E-state index contributed by atoms with van der Waals surface area (Å²) in [5.41, 5.74) is 3.63. The molecule has 4 N–H and O–H groups in total. The second-order valence-corrected chi connectivity index (χ2v) is 12.9. The topological polar surface area (TPSA) is 129 Å². The number of aliphatic carboxylic acids is 1. The van der Waals surface area contributed by atoms with Crippen LogP contribution in [0.3, 0.4) is 0 Å². The highest BCUT2D eigenvalue weighted by Gasteiger charge is 2.41. The van der Waals surface area contributed by atoms with Gasteiger partial charge in [-0.05, 0) is 53.6 Å². The molecule has 46 heavy (non-hydrogen) atoms. The Bertz CT molecular complexity index is 1440. The Morgan fingerprint density at radius 2 is 1.54 bits per heavy atom. The Morgan fingerprint density at radius 1 is 0.913 bits per heavy atom. The van der Waals surface area contributed by atoms with Crippen LogP contribution < -0.4 is 5.32 Å². The average molecular weight is 651 g/mol. The van der Waals surface area contributed by atoms with Crippen LogP contribution in [0.2, 0.25) is 5.02 Å². The van der Waals surface area contributed by atoms with Gasteiger partial charge in [0.1, 0.15) is 0 Å². The van der Waals surface area contributed by atoms with E-state index in [1.54, 1.807) is 0 Å². The van der Waals surface area contributed by atoms with E-state index >= 15 is 0 Å². The number of ether oxygens (including phenoxy) is 2. The fourth-order valence-corrected chi connectivity index (χ4v) is 6.34. The Balaban J connectivity index is 1.26. The number of hydrogen-bond acceptors (Lipinski definition) is 7. The number of aliphatic hydroxyl groups excluding tert-OH is 1. The molecule has 2 aliphatic heterocycles. The van der Waals surface area contributed by atoms with E-state index in [1.165, 1.54) is 0 Å². The second-order valence-electron chi connectivity index (χ2n) is 12.4. The highest BCUT2D eigenvalue weighted by Crippen LogP contribution is 2.42. The van der Waals surface area contributed by atoms with Crippen molar-refractivity contribution in [1.82, 2.24) is 10.2 Å². The molecule has 0 spiro atoms. The number of hydrogen-bond donors (Lipinski definition) is 4. The van der Waals surface area contributed by atoms with Crippen LogP contribution in [0.15, 0.2) is 72.8 Å². The number of benzene rings is 3. The molecule has 0 saturated carbocycles. The first-order valence-corrected chi connectivity index (χ1v) is 16.3. The van der Waals surface area contributed by atoms with Crippen LogP contribution in [0.1, 0.15) is 79.2 Å². The van der Waals surface area contributed by atoms with Gasteiger partial charge in [0.05, 0.1) is 24.4 Å². The van der Waals surface area contributed by atoms with Crippen molar-refractivity contribution in [3.63, 3.8) is 0 Å². The summed E-state index contributed by atoms with van der Waals surface area (Å²) in [6, 6.07) is 23.0. The van der Waals surface area contributed by atoms with E-state index in [4.69, 9.17) is 26.2 Å². The number of nitrogens with zero attached hydrogens (tertiary/aromatic N) is 1. The molecule has 0 radical (unpaired) electrons. The molecule has 2 aliphatic rings. The maximum Gasteiger partial charge on any atom is 0.303 e. The number of piperidine rings is 1. The number of carbonyl (C=O) groups excluding carboxylic acids is 1. The van der Waals surface area contributed by atoms with E-state index in [1.807, 2.05) is 72.8 Å². The fourth-order valence-electron chi connectivity index (χ4n) is 6.22. The van der Waals surface area contributed by atoms with Crippen LogP contribution in [0.25, 0.3) is 0 Å². The van der Waals surface area contributed by atoms with Crippen molar-refractivity contribution >= 4 is 23.5 Å². The number of likely N-dealkylation sites (tertiary alicyclic amines) is 1. The van der Waals surface area contributed by atoms with Crippen LogP contribution in [0.4, 0.5) is 0 Å². The minimum atomic E-state index is -0.908. The number of amides is 1. The van der Waals surface area contributed by atoms with Crippen molar-refractivity contribution < 1.29 is 34.4 Å². The van der Waals surface area contributed by atoms with Gasteiger partial charge in [-0.25, -0.2) is 0 Å². The minimum Gasteiger partial charge on any atom is -0.481 e. The van der Waals surface area contributed by atoms with Crippen molar-refractivity contribution in [1.29, 1.82) is 0 Å². The molecule has 0 bridgehead atoms. The molecule has 0 unspecified atom stereocenters. The third kappa shape index (κ3) is 8.73. The number of aliphatic hydroxyl groups is 2. The van der Waals surface area contributed by atoms with Crippen molar-refractivity contribution in [3.05, 3.63) is 106 Å². The first-order chi connectivity index (χ1) is 22.1. The lowest BCUT2D eigenvalue weighted by Gasteiger charge is -2.45. The van der Waals surface area contributed by atoms with Crippen molar-refractivity contribution in [2.45, 2.75) is 76.3 Å². The smallest absolute Gasteiger partial charge is 0.303 e. The molecule has 2 fully saturated rings. The Hall–Kier alpha value is -3.31. The molecular weight excluding hydrogens is 608 g/mol. The van der Waals surface area contributed by atoms with Crippen LogP contribution >= 0.6 is 11.6 Å². The molecule has 5 rings (SSSR count). The molecule has 0 aliphatic carbocycles. The van der Waals surface area contributed by atoms with Gasteiger partial charge in [-0.2, -0.15) is 0 Å². The van der Waals surface area contributed by atoms with E-state index in [9.17, 15) is 19.8 Å². The molecule has 4 atom stereocenters. The maximum atomic E-state index is 12.1. The van der Waals surface area contributed by atoms with Crippen LogP contribution in [-0.4, -0.2) is 57.8 Å². The van der Waals surface area contributed by atoms with Gasteiger partial charge in [0.15, 0.2) is 6.29 Å². The van der Waals surface area contributed by atoms with E-state index in [-0.39, 0.29) is 43.5 Å². The van der Waals surface area contributed by atoms with Gasteiger partial charge in [-0.15, -0.1) is 0 Å². The van der Waals surface area contributed by atoms with Crippen molar-refractivity contribution in [2.75, 3.05) is 19.6 Å². The number of carbonyl (C=O) groups is 2. The van der Waals surface area contributed by atoms with E-state index in [0.29, 0.717) is 37.4 Å². The summed E-state index contributed by atoms with van der Waals surface area (Å²) in [4.78, 5) is 25.1. The van der Waals surface area contributed by atoms with Gasteiger partial charge >= 0.3 is 5.97 Å². The molecule has 3 aromatic rings. The summed E-state index contributed by atoms with van der Waals surface area (Å²) in [7, 11) is 0. The molecule has 2 saturated heterocycles. The van der Waals surface area contributed by atoms with Gasteiger partial charge in [-0.3, -0.25) is 9.59 Å². The first kappa shape index (κ1) is 34.0. The highest BCUT2D eigenvalue weighted by molar-refractivity contribution is 6.30. The first-order valence-electron chi connectivity index (χ1n) is 15.9. The van der Waals surface area contributed by atoms with Crippen LogP contribution in [-0.2, 0) is 37.8 Å². The predicted octanol–water partition coefficient (Wildman–Crippen LogP) is 5.48. The van der Waals surface area contributed by atoms with Crippen molar-refractivity contribution in [3.8, 4) is 0 Å². The number of rotatable bonds is 12. The largest absolute Gasteiger partial charge is 0.481 e. The summed E-state index contributed by atoms with van der Waals surface area (Å²) >= 11 is 6.07. The van der Waals surface area contributed by atoms with Gasteiger partial charge < -0.3 is 35.0 Å². The molecular formula is C36H43ClN2O7. The normalized spacial score (nSPS) is 23.1. The van der Waals surface area contributed by atoms with E-state index in [2.05, 4.69) is 17.1 Å². The zero-order valence-corrected chi connectivity index (χ0v) is 26.9. The number of carboxylic acid groups (broad SMARTS) is 1. The lowest BCUT2D eigenvalue weighted by molar-refractivity contribution is -0.277. The van der Waals surface area contributed by atoms with Gasteiger partial charge in [0, 0.05) is 55.5 Å². The number of nitrogens with one attached hydrogen (secondary N) is 1. The van der Waals surface area contributed by atoms with Gasteiger partial charge in [0.25, 0.3) is 0 Å². The van der Waals surface area contributed by atoms with Gasteiger partial charge in [0.2, 0.25) is 5.91 Å². The number of halogens is 1. The Morgan fingerprint density at radius 3 is 2.17 bits per heavy atom. The molecule has 3 aromatic carbocycles. The molecule has 10 heteroatoms. The summed E-state index contributed by atoms with van der Waals surface area (Å²) < 4.78 is 13.2. The van der Waals surface area contributed by atoms with Crippen LogP contribution in [0, 0.1) is 5.92 Å². The summed E-state index contributed by atoms with van der Waals surface area (Å²) in [6.45, 7) is 4.60. The minimum absolute atomic E-state index is 0.0256. The molecule has 2 heterocycles. The lowest BCUT2D eigenvalue weighted by atomic mass is 9.84. The Labute approximate surface area is 275 Å². The molecule has 0 aromatic heterocycles. The van der Waals surface area contributed by atoms with Crippen molar-refractivity contribution in [2.24, 2.45) is 5.92 Å². The molecule has 1 amide bonds. The zero-order chi connectivity index (χ0) is 32.7. The summed E-state index contributed by atoms with van der Waals surface area (Å²) in [6.07, 6.45) is 0.674. The third-order valence-electron chi connectivity index (χ3n) is 9.16. The maximum absolute atomic E-state index is 12.1. The van der Waals surface area contributed by atoms with E-state index in [0.717, 1.165) is 40.9 Å². The molecule has 246 valence electrons. The number of carboxylic acids is 1. The molecule has 9 nitrogen and oxygen atoms in total. The average Bonchev–Trinajstić information content (AvgIpc) is 3.06. The zero-order valence-electron chi connectivity index (χ0n) is 26.1. The predicted molar refractivity (Wildman–Crippen MR) is 174 cm³/mol. The summed E-state index contributed by atoms with van der Waals surface area (Å²) in [5, 5.41) is 33.2. The quantitative estimate of drug-likeness (QED) is 0.203. The summed E-state index contributed by atoms with van der Waals surface area (Å²) in [5.74, 6) is -1.06. The third-order valence-corrected chi connectivity index (χ3v) is 9.41. The highest BCUT2D eigenvalue weighted by atomic mass is 35.5. The second kappa shape index (κ2) is 15.5. The van der Waals surface area contributed by atoms with Crippen LogP contribution in [0.5, 0.6) is 0 Å². The SMILES string of the molecule is C[C@H]1[C@@H](CN2CCC(O)(c3ccc(Cl)cc3)CC2)O[C@@H](c2ccc(CNC(=O)CCCC(=O)O)cc2)O[C@H]1c1ccc(CO)cc1. The van der Waals surface area contributed by atoms with Gasteiger partial charge in [-0.1, -0.05) is 79.2 Å². The monoisotopic (exact) mass is 650 g/mol. The fraction of sp³-hybridized carbons (Fsp3) is 0.444. The lowest BCUT2D eigenvalue weighted by Crippen LogP contribution is -2.49. The Kier molecular flexibility index (Phi) is 11.5.